The number of carbonyl (C=O) groups is 1. The molecule has 1 unspecified atom stereocenters. The van der Waals surface area contributed by atoms with Gasteiger partial charge in [0.15, 0.2) is 0 Å². The lowest BCUT2D eigenvalue weighted by Crippen LogP contribution is -2.27. The van der Waals surface area contributed by atoms with Crippen LogP contribution in [0.2, 0.25) is 0 Å². The quantitative estimate of drug-likeness (QED) is 0.809. The van der Waals surface area contributed by atoms with Crippen LogP contribution in [0.3, 0.4) is 0 Å². The van der Waals surface area contributed by atoms with Crippen LogP contribution in [-0.4, -0.2) is 12.0 Å². The number of furan rings is 1. The van der Waals surface area contributed by atoms with E-state index in [1.54, 1.807) is 49.6 Å². The Kier molecular flexibility index (Phi) is 4.20. The third kappa shape index (κ3) is 3.86. The SMILES string of the molecule is CC(OCc1ccco1)C(=O)Nc1ccc(N)cc1. The summed E-state index contributed by atoms with van der Waals surface area (Å²) < 4.78 is 10.5. The largest absolute Gasteiger partial charge is 0.467 e. The molecule has 0 aliphatic heterocycles. The average molecular weight is 260 g/mol. The van der Waals surface area contributed by atoms with E-state index < -0.39 is 6.10 Å². The molecule has 0 aliphatic rings. The van der Waals surface area contributed by atoms with Crippen molar-refractivity contribution in [2.75, 3.05) is 11.1 Å². The maximum absolute atomic E-state index is 11.9. The van der Waals surface area contributed by atoms with Crippen LogP contribution in [0.1, 0.15) is 12.7 Å². The topological polar surface area (TPSA) is 77.5 Å². The molecule has 1 amide bonds. The smallest absolute Gasteiger partial charge is 0.253 e. The summed E-state index contributed by atoms with van der Waals surface area (Å²) in [6, 6.07) is 10.5. The number of rotatable bonds is 5. The number of hydrogen-bond donors (Lipinski definition) is 2. The van der Waals surface area contributed by atoms with Crippen LogP contribution in [0.4, 0.5) is 11.4 Å². The zero-order valence-corrected chi connectivity index (χ0v) is 10.6. The van der Waals surface area contributed by atoms with Crippen LogP contribution in [0.25, 0.3) is 0 Å². The molecule has 1 aromatic heterocycles. The van der Waals surface area contributed by atoms with Crippen molar-refractivity contribution in [3.63, 3.8) is 0 Å². The minimum atomic E-state index is -0.567. The predicted molar refractivity (Wildman–Crippen MR) is 72.4 cm³/mol. The van der Waals surface area contributed by atoms with Crippen LogP contribution in [-0.2, 0) is 16.1 Å². The Hall–Kier alpha value is -2.27. The molecule has 5 nitrogen and oxygen atoms in total. The highest BCUT2D eigenvalue weighted by Crippen LogP contribution is 2.12. The second kappa shape index (κ2) is 6.06. The van der Waals surface area contributed by atoms with E-state index >= 15 is 0 Å². The zero-order valence-electron chi connectivity index (χ0n) is 10.6. The molecule has 100 valence electrons. The number of nitrogen functional groups attached to an aromatic ring is 1. The minimum absolute atomic E-state index is 0.212. The van der Waals surface area contributed by atoms with Gasteiger partial charge in [-0.25, -0.2) is 0 Å². The molecule has 2 aromatic rings. The minimum Gasteiger partial charge on any atom is -0.467 e. The van der Waals surface area contributed by atoms with Gasteiger partial charge < -0.3 is 20.2 Å². The second-order valence-electron chi connectivity index (χ2n) is 4.14. The van der Waals surface area contributed by atoms with Gasteiger partial charge in [-0.05, 0) is 43.3 Å². The van der Waals surface area contributed by atoms with Gasteiger partial charge in [0.1, 0.15) is 18.5 Å². The van der Waals surface area contributed by atoms with Crippen molar-refractivity contribution in [3.05, 3.63) is 48.4 Å². The third-order valence-electron chi connectivity index (χ3n) is 2.60. The Morgan fingerprint density at radius 1 is 1.37 bits per heavy atom. The number of amides is 1. The number of ether oxygens (including phenoxy) is 1. The highest BCUT2D eigenvalue weighted by molar-refractivity contribution is 5.94. The summed E-state index contributed by atoms with van der Waals surface area (Å²) in [4.78, 5) is 11.9. The summed E-state index contributed by atoms with van der Waals surface area (Å²) in [5.74, 6) is 0.475. The van der Waals surface area contributed by atoms with E-state index in [1.807, 2.05) is 0 Å². The first kappa shape index (κ1) is 13.2. The van der Waals surface area contributed by atoms with E-state index in [-0.39, 0.29) is 12.5 Å². The summed E-state index contributed by atoms with van der Waals surface area (Å²) >= 11 is 0. The van der Waals surface area contributed by atoms with Crippen LogP contribution in [0.5, 0.6) is 0 Å². The van der Waals surface area contributed by atoms with E-state index in [9.17, 15) is 4.79 Å². The fourth-order valence-electron chi connectivity index (χ4n) is 1.49. The molecule has 2 rings (SSSR count). The molecule has 0 saturated heterocycles. The Bertz CT molecular complexity index is 520. The van der Waals surface area contributed by atoms with Crippen molar-refractivity contribution in [2.24, 2.45) is 0 Å². The molecule has 0 aliphatic carbocycles. The first-order chi connectivity index (χ1) is 9.15. The molecule has 0 spiro atoms. The number of anilines is 2. The van der Waals surface area contributed by atoms with E-state index in [0.717, 1.165) is 0 Å². The fraction of sp³-hybridized carbons (Fsp3) is 0.214. The maximum Gasteiger partial charge on any atom is 0.253 e. The van der Waals surface area contributed by atoms with Crippen LogP contribution >= 0.6 is 0 Å². The normalized spacial score (nSPS) is 12.1. The molecule has 1 aromatic carbocycles. The summed E-state index contributed by atoms with van der Waals surface area (Å²) in [6.45, 7) is 1.96. The van der Waals surface area contributed by atoms with Crippen LogP contribution in [0, 0.1) is 0 Å². The zero-order chi connectivity index (χ0) is 13.7. The number of benzene rings is 1. The lowest BCUT2D eigenvalue weighted by molar-refractivity contribution is -0.127. The Labute approximate surface area is 111 Å². The monoisotopic (exact) mass is 260 g/mol. The van der Waals surface area contributed by atoms with Crippen molar-refractivity contribution >= 4 is 17.3 Å². The van der Waals surface area contributed by atoms with Crippen molar-refractivity contribution < 1.29 is 13.9 Å². The van der Waals surface area contributed by atoms with Crippen molar-refractivity contribution in [1.29, 1.82) is 0 Å². The van der Waals surface area contributed by atoms with Crippen molar-refractivity contribution in [2.45, 2.75) is 19.6 Å². The molecule has 19 heavy (non-hydrogen) atoms. The molecular formula is C14H16N2O3. The molecule has 0 saturated carbocycles. The van der Waals surface area contributed by atoms with E-state index in [0.29, 0.717) is 17.1 Å². The van der Waals surface area contributed by atoms with Gasteiger partial charge in [0.05, 0.1) is 6.26 Å². The van der Waals surface area contributed by atoms with E-state index in [2.05, 4.69) is 5.32 Å². The van der Waals surface area contributed by atoms with Crippen molar-refractivity contribution in [1.82, 2.24) is 0 Å². The van der Waals surface area contributed by atoms with Gasteiger partial charge in [-0.1, -0.05) is 0 Å². The molecule has 1 heterocycles. The Morgan fingerprint density at radius 2 is 2.11 bits per heavy atom. The van der Waals surface area contributed by atoms with Crippen LogP contribution in [0.15, 0.2) is 47.1 Å². The lowest BCUT2D eigenvalue weighted by atomic mass is 10.2. The summed E-state index contributed by atoms with van der Waals surface area (Å²) in [6.07, 6.45) is 1.00. The highest BCUT2D eigenvalue weighted by Gasteiger charge is 2.14. The molecule has 0 fully saturated rings. The average Bonchev–Trinajstić information content (AvgIpc) is 2.91. The summed E-state index contributed by atoms with van der Waals surface area (Å²) in [5, 5.41) is 2.75. The Morgan fingerprint density at radius 3 is 2.74 bits per heavy atom. The molecule has 1 atom stereocenters. The molecule has 5 heteroatoms. The number of nitrogens with one attached hydrogen (secondary N) is 1. The molecule has 0 radical (unpaired) electrons. The first-order valence-electron chi connectivity index (χ1n) is 5.95. The van der Waals surface area contributed by atoms with Gasteiger partial charge in [0.25, 0.3) is 5.91 Å². The summed E-state index contributed by atoms with van der Waals surface area (Å²) in [7, 11) is 0. The first-order valence-corrected chi connectivity index (χ1v) is 5.95. The predicted octanol–water partition coefficient (Wildman–Crippen LogP) is 2.41. The van der Waals surface area contributed by atoms with E-state index in [4.69, 9.17) is 14.9 Å². The van der Waals surface area contributed by atoms with E-state index in [1.165, 1.54) is 0 Å². The highest BCUT2D eigenvalue weighted by atomic mass is 16.5. The Balaban J connectivity index is 1.83. The van der Waals surface area contributed by atoms with Gasteiger partial charge in [-0.15, -0.1) is 0 Å². The van der Waals surface area contributed by atoms with Crippen molar-refractivity contribution in [3.8, 4) is 0 Å². The van der Waals surface area contributed by atoms with Crippen LogP contribution < -0.4 is 11.1 Å². The maximum atomic E-state index is 11.9. The molecule has 3 N–H and O–H groups in total. The number of hydrogen-bond acceptors (Lipinski definition) is 4. The van der Waals surface area contributed by atoms with Gasteiger partial charge in [0.2, 0.25) is 0 Å². The summed E-state index contributed by atoms with van der Waals surface area (Å²) in [5.41, 5.74) is 6.91. The number of carbonyl (C=O) groups excluding carboxylic acids is 1. The standard InChI is InChI=1S/C14H16N2O3/c1-10(19-9-13-3-2-8-18-13)14(17)16-12-6-4-11(15)5-7-12/h2-8,10H,9,15H2,1H3,(H,16,17). The van der Waals surface area contributed by atoms with Gasteiger partial charge in [-0.2, -0.15) is 0 Å². The second-order valence-corrected chi connectivity index (χ2v) is 4.14. The van der Waals surface area contributed by atoms with Gasteiger partial charge in [0, 0.05) is 11.4 Å². The lowest BCUT2D eigenvalue weighted by Gasteiger charge is -2.12. The third-order valence-corrected chi connectivity index (χ3v) is 2.60. The molecule has 0 bridgehead atoms. The van der Waals surface area contributed by atoms with Gasteiger partial charge >= 0.3 is 0 Å². The molecular weight excluding hydrogens is 244 g/mol. The number of nitrogens with two attached hydrogens (primary N) is 1. The van der Waals surface area contributed by atoms with Gasteiger partial charge in [-0.3, -0.25) is 4.79 Å². The fourth-order valence-corrected chi connectivity index (χ4v) is 1.49.